The molecule has 4 heterocycles. The summed E-state index contributed by atoms with van der Waals surface area (Å²) in [4.78, 5) is 25.4. The Kier molecular flexibility index (Phi) is 5.09. The molecule has 2 aliphatic rings. The second-order valence-electron chi connectivity index (χ2n) is 7.52. The molecule has 0 N–H and O–H groups in total. The number of rotatable bonds is 6. The van der Waals surface area contributed by atoms with Crippen LogP contribution in [0.3, 0.4) is 0 Å². The average molecular weight is 389 g/mol. The number of amides is 1. The molecule has 2 atom stereocenters. The van der Waals surface area contributed by atoms with Crippen molar-refractivity contribution < 1.29 is 9.21 Å². The molecule has 2 bridgehead atoms. The fraction of sp³-hybridized carbons (Fsp3) is 0.600. The highest BCUT2D eigenvalue weighted by Crippen LogP contribution is 2.46. The van der Waals surface area contributed by atoms with Crippen molar-refractivity contribution in [3.05, 3.63) is 34.2 Å². The van der Waals surface area contributed by atoms with E-state index >= 15 is 0 Å². The van der Waals surface area contributed by atoms with E-state index in [0.717, 1.165) is 36.9 Å². The van der Waals surface area contributed by atoms with E-state index in [9.17, 15) is 4.79 Å². The molecule has 146 valence electrons. The second kappa shape index (κ2) is 7.37. The van der Waals surface area contributed by atoms with E-state index in [2.05, 4.69) is 30.7 Å². The van der Waals surface area contributed by atoms with Crippen molar-refractivity contribution in [2.45, 2.75) is 51.7 Å². The Bertz CT molecular complexity index is 826. The highest BCUT2D eigenvalue weighted by atomic mass is 32.1. The summed E-state index contributed by atoms with van der Waals surface area (Å²) in [5.41, 5.74) is 1.18. The minimum atomic E-state index is -0.134. The average Bonchev–Trinajstić information content (AvgIpc) is 3.37. The molecule has 1 saturated heterocycles. The van der Waals surface area contributed by atoms with Gasteiger partial charge in [-0.05, 0) is 45.1 Å². The fourth-order valence-electron chi connectivity index (χ4n) is 4.20. The summed E-state index contributed by atoms with van der Waals surface area (Å²) in [6.45, 7) is 6.90. The van der Waals surface area contributed by atoms with Crippen molar-refractivity contribution in [2.24, 2.45) is 0 Å². The molecule has 2 aromatic heterocycles. The molecular formula is C20H28N4O2S. The molecule has 2 aromatic rings. The van der Waals surface area contributed by atoms with Gasteiger partial charge < -0.3 is 4.42 Å². The second-order valence-corrected chi connectivity index (χ2v) is 8.52. The molecule has 0 spiro atoms. The maximum Gasteiger partial charge on any atom is 0.295 e. The Balaban J connectivity index is 1.50. The van der Waals surface area contributed by atoms with Crippen molar-refractivity contribution in [1.82, 2.24) is 14.8 Å². The van der Waals surface area contributed by atoms with Crippen molar-refractivity contribution >= 4 is 22.4 Å². The fourth-order valence-corrected chi connectivity index (χ4v) is 5.43. The number of carbonyl (C=O) groups excluding carboxylic acids is 1. The predicted octanol–water partition coefficient (Wildman–Crippen LogP) is 3.55. The zero-order valence-corrected chi connectivity index (χ0v) is 17.4. The van der Waals surface area contributed by atoms with Gasteiger partial charge in [-0.25, -0.2) is 4.98 Å². The molecule has 1 fully saturated rings. The number of hydrogen-bond donors (Lipinski definition) is 0. The third-order valence-electron chi connectivity index (χ3n) is 6.03. The monoisotopic (exact) mass is 388 g/mol. The molecule has 0 aliphatic carbocycles. The van der Waals surface area contributed by atoms with E-state index in [1.807, 2.05) is 6.07 Å². The van der Waals surface area contributed by atoms with Crippen LogP contribution >= 0.6 is 11.3 Å². The van der Waals surface area contributed by atoms with Crippen LogP contribution < -0.4 is 4.90 Å². The Morgan fingerprint density at radius 3 is 2.85 bits per heavy atom. The van der Waals surface area contributed by atoms with Crippen LogP contribution in [0.5, 0.6) is 0 Å². The molecule has 4 rings (SSSR count). The minimum absolute atomic E-state index is 0.134. The predicted molar refractivity (Wildman–Crippen MR) is 107 cm³/mol. The molecule has 27 heavy (non-hydrogen) atoms. The van der Waals surface area contributed by atoms with Gasteiger partial charge in [0.25, 0.3) is 5.91 Å². The van der Waals surface area contributed by atoms with Gasteiger partial charge in [0.2, 0.25) is 0 Å². The summed E-state index contributed by atoms with van der Waals surface area (Å²) in [6, 6.07) is 4.75. The number of anilines is 1. The molecule has 0 radical (unpaired) electrons. The topological polar surface area (TPSA) is 52.8 Å². The number of thiazole rings is 1. The van der Waals surface area contributed by atoms with Crippen LogP contribution in [-0.2, 0) is 13.0 Å². The molecule has 7 heteroatoms. The lowest BCUT2D eigenvalue weighted by atomic mass is 10.1. The summed E-state index contributed by atoms with van der Waals surface area (Å²) in [6.07, 6.45) is 3.44. The van der Waals surface area contributed by atoms with Crippen LogP contribution in [0.15, 0.2) is 16.5 Å². The lowest BCUT2D eigenvalue weighted by Crippen LogP contribution is -2.33. The van der Waals surface area contributed by atoms with Gasteiger partial charge in [0.05, 0.1) is 12.2 Å². The van der Waals surface area contributed by atoms with Crippen molar-refractivity contribution in [3.8, 4) is 0 Å². The summed E-state index contributed by atoms with van der Waals surface area (Å²) in [5, 5.41) is 0.771. The lowest BCUT2D eigenvalue weighted by Gasteiger charge is -2.29. The number of furan rings is 1. The number of aromatic nitrogens is 1. The van der Waals surface area contributed by atoms with Gasteiger partial charge in [0, 0.05) is 30.4 Å². The smallest absolute Gasteiger partial charge is 0.295 e. The summed E-state index contributed by atoms with van der Waals surface area (Å²) < 4.78 is 5.83. The molecular weight excluding hydrogens is 360 g/mol. The normalized spacial score (nSPS) is 21.7. The van der Waals surface area contributed by atoms with Crippen LogP contribution in [0.25, 0.3) is 0 Å². The Morgan fingerprint density at radius 1 is 1.33 bits per heavy atom. The molecule has 1 amide bonds. The van der Waals surface area contributed by atoms with Gasteiger partial charge in [0.1, 0.15) is 5.76 Å². The standard InChI is InChI=1S/C20H28N4O2S/c1-5-24(6-2)12-14-8-10-17(26-14)19(25)23(4)20-21-15-11-13-7-9-16(22(13)3)18(15)27-20/h8,10,13,16H,5-7,9,11-12H2,1-4H3. The van der Waals surface area contributed by atoms with Gasteiger partial charge >= 0.3 is 0 Å². The quantitative estimate of drug-likeness (QED) is 0.758. The van der Waals surface area contributed by atoms with E-state index < -0.39 is 0 Å². The maximum absolute atomic E-state index is 12.9. The number of fused-ring (bicyclic) bond motifs is 4. The van der Waals surface area contributed by atoms with E-state index in [1.165, 1.54) is 23.4 Å². The number of carbonyl (C=O) groups is 1. The highest BCUT2D eigenvalue weighted by molar-refractivity contribution is 7.16. The van der Waals surface area contributed by atoms with Crippen LogP contribution in [-0.4, -0.2) is 53.9 Å². The summed E-state index contributed by atoms with van der Waals surface area (Å²) in [5.74, 6) is 1.07. The Morgan fingerprint density at radius 2 is 2.11 bits per heavy atom. The number of likely N-dealkylation sites (N-methyl/N-ethyl adjacent to an activating group) is 1. The van der Waals surface area contributed by atoms with Gasteiger partial charge in [-0.3, -0.25) is 19.5 Å². The summed E-state index contributed by atoms with van der Waals surface area (Å²) in [7, 11) is 4.00. The van der Waals surface area contributed by atoms with Gasteiger partial charge in [-0.1, -0.05) is 25.2 Å². The molecule has 2 unspecified atom stereocenters. The highest BCUT2D eigenvalue weighted by Gasteiger charge is 2.40. The van der Waals surface area contributed by atoms with Crippen LogP contribution in [0.4, 0.5) is 5.13 Å². The molecule has 0 aromatic carbocycles. The number of hydrogen-bond acceptors (Lipinski definition) is 6. The first-order chi connectivity index (χ1) is 13.0. The third kappa shape index (κ3) is 3.32. The minimum Gasteiger partial charge on any atom is -0.455 e. The third-order valence-corrected chi connectivity index (χ3v) is 7.30. The zero-order chi connectivity index (χ0) is 19.1. The lowest BCUT2D eigenvalue weighted by molar-refractivity contribution is 0.0963. The Hall–Kier alpha value is -1.70. The van der Waals surface area contributed by atoms with Crippen molar-refractivity contribution in [3.63, 3.8) is 0 Å². The first kappa shape index (κ1) is 18.7. The first-order valence-corrected chi connectivity index (χ1v) is 10.6. The zero-order valence-electron chi connectivity index (χ0n) is 16.6. The molecule has 6 nitrogen and oxygen atoms in total. The van der Waals surface area contributed by atoms with Crippen LogP contribution in [0, 0.1) is 0 Å². The molecule has 0 saturated carbocycles. The van der Waals surface area contributed by atoms with Gasteiger partial charge in [-0.2, -0.15) is 0 Å². The Labute approximate surface area is 164 Å². The van der Waals surface area contributed by atoms with Crippen molar-refractivity contribution in [2.75, 3.05) is 32.1 Å². The number of nitrogens with zero attached hydrogens (tertiary/aromatic N) is 4. The SMILES string of the molecule is CCN(CC)Cc1ccc(C(=O)N(C)c2nc3c(s2)C2CCC(C3)N2C)o1. The maximum atomic E-state index is 12.9. The van der Waals surface area contributed by atoms with E-state index in [-0.39, 0.29) is 5.91 Å². The van der Waals surface area contributed by atoms with E-state index in [1.54, 1.807) is 29.4 Å². The van der Waals surface area contributed by atoms with Crippen LogP contribution in [0.2, 0.25) is 0 Å². The van der Waals surface area contributed by atoms with Crippen LogP contribution in [0.1, 0.15) is 59.6 Å². The van der Waals surface area contributed by atoms with E-state index in [4.69, 9.17) is 9.40 Å². The van der Waals surface area contributed by atoms with Gasteiger partial charge in [-0.15, -0.1) is 0 Å². The summed E-state index contributed by atoms with van der Waals surface area (Å²) >= 11 is 1.66. The van der Waals surface area contributed by atoms with Gasteiger partial charge in [0.15, 0.2) is 10.9 Å². The van der Waals surface area contributed by atoms with Crippen molar-refractivity contribution in [1.29, 1.82) is 0 Å². The van der Waals surface area contributed by atoms with E-state index in [0.29, 0.717) is 17.8 Å². The largest absolute Gasteiger partial charge is 0.455 e. The molecule has 2 aliphatic heterocycles. The first-order valence-electron chi connectivity index (χ1n) is 9.82.